The van der Waals surface area contributed by atoms with Crippen LogP contribution in [0.2, 0.25) is 0 Å². The molecule has 0 radical (unpaired) electrons. The number of phosphoric ester groups is 1. The van der Waals surface area contributed by atoms with Crippen LogP contribution in [0.5, 0.6) is 0 Å². The van der Waals surface area contributed by atoms with Gasteiger partial charge in [-0.15, -0.1) is 0 Å². The molecule has 320 valence electrons. The Balaban J connectivity index is 4.59. The number of allylic oxidation sites excluding steroid dienone is 10. The van der Waals surface area contributed by atoms with Crippen LogP contribution in [0.3, 0.4) is 0 Å². The summed E-state index contributed by atoms with van der Waals surface area (Å²) >= 11 is 0. The van der Waals surface area contributed by atoms with Crippen LogP contribution in [0.15, 0.2) is 60.8 Å². The number of hydrogen-bond donors (Lipinski definition) is 4. The molecule has 1 amide bonds. The summed E-state index contributed by atoms with van der Waals surface area (Å²) in [6, 6.07) is -1.06. The number of quaternary nitrogens is 1. The molecule has 55 heavy (non-hydrogen) atoms. The highest BCUT2D eigenvalue weighted by molar-refractivity contribution is 7.47. The summed E-state index contributed by atoms with van der Waals surface area (Å²) in [4.78, 5) is 23.1. The van der Waals surface area contributed by atoms with Gasteiger partial charge in [0.2, 0.25) is 5.91 Å². The molecule has 4 unspecified atom stereocenters. The first-order valence-electron chi connectivity index (χ1n) is 21.7. The van der Waals surface area contributed by atoms with Gasteiger partial charge in [-0.3, -0.25) is 13.8 Å². The second-order valence-corrected chi connectivity index (χ2v) is 17.3. The minimum absolute atomic E-state index is 0.00805. The summed E-state index contributed by atoms with van der Waals surface area (Å²) in [5.41, 5.74) is 0. The maximum atomic E-state index is 12.9. The zero-order chi connectivity index (χ0) is 40.9. The second-order valence-electron chi connectivity index (χ2n) is 15.8. The van der Waals surface area contributed by atoms with Gasteiger partial charge in [0.05, 0.1) is 39.9 Å². The first-order valence-corrected chi connectivity index (χ1v) is 23.2. The van der Waals surface area contributed by atoms with E-state index in [4.69, 9.17) is 9.05 Å². The first-order chi connectivity index (χ1) is 26.4. The lowest BCUT2D eigenvalue weighted by Gasteiger charge is -2.28. The van der Waals surface area contributed by atoms with Crippen LogP contribution >= 0.6 is 7.82 Å². The van der Waals surface area contributed by atoms with E-state index in [1.165, 1.54) is 44.9 Å². The predicted octanol–water partition coefficient (Wildman–Crippen LogP) is 10.8. The average Bonchev–Trinajstić information content (AvgIpc) is 3.13. The Kier molecular flexibility index (Phi) is 35.3. The fourth-order valence-corrected chi connectivity index (χ4v) is 6.49. The van der Waals surface area contributed by atoms with Crippen LogP contribution in [0.25, 0.3) is 0 Å². The van der Waals surface area contributed by atoms with Gasteiger partial charge in [0, 0.05) is 6.42 Å². The summed E-state index contributed by atoms with van der Waals surface area (Å²) in [5, 5.41) is 24.6. The molecular weight excluding hydrogens is 711 g/mol. The van der Waals surface area contributed by atoms with Crippen molar-refractivity contribution >= 4 is 13.7 Å². The standard InChI is InChI=1S/C45H83N2O7P/c1-6-8-10-12-14-16-18-20-21-22-23-24-25-26-28-30-32-34-36-38-44(49)46-42(41-54-55(51,52)53-40-39-47(3,4)5)45(50)43(48)37-35-33-31-29-27-19-17-15-13-11-9-7-2/h14-17,20-21,23-24,29,31,42-43,45,48,50H,6-13,18-19,22,25-28,30,32-41H2,1-5H3,(H-,46,49,51,52)/p+1/b16-14-,17-15+,21-20-,24-23-,31-29+. The fraction of sp³-hybridized carbons (Fsp3) is 0.756. The zero-order valence-corrected chi connectivity index (χ0v) is 36.7. The Morgan fingerprint density at radius 3 is 1.64 bits per heavy atom. The van der Waals surface area contributed by atoms with Gasteiger partial charge in [0.25, 0.3) is 0 Å². The molecule has 0 saturated heterocycles. The molecule has 9 nitrogen and oxygen atoms in total. The van der Waals surface area contributed by atoms with Crippen molar-refractivity contribution in [2.75, 3.05) is 40.9 Å². The number of unbranched alkanes of at least 4 members (excludes halogenated alkanes) is 14. The largest absolute Gasteiger partial charge is 0.472 e. The lowest BCUT2D eigenvalue weighted by molar-refractivity contribution is -0.870. The average molecular weight is 796 g/mol. The Bertz CT molecular complexity index is 1100. The van der Waals surface area contributed by atoms with Gasteiger partial charge in [0.15, 0.2) is 0 Å². The van der Waals surface area contributed by atoms with E-state index in [1.807, 2.05) is 21.1 Å². The van der Waals surface area contributed by atoms with Gasteiger partial charge < -0.3 is 24.9 Å². The summed E-state index contributed by atoms with van der Waals surface area (Å²) in [7, 11) is 1.39. The molecule has 0 rings (SSSR count). The smallest absolute Gasteiger partial charge is 0.390 e. The number of nitrogens with zero attached hydrogens (tertiary/aromatic N) is 1. The number of phosphoric acid groups is 1. The van der Waals surface area contributed by atoms with Crippen LogP contribution in [0, 0.1) is 0 Å². The van der Waals surface area contributed by atoms with Gasteiger partial charge >= 0.3 is 7.82 Å². The van der Waals surface area contributed by atoms with Crippen LogP contribution < -0.4 is 5.32 Å². The van der Waals surface area contributed by atoms with Crippen molar-refractivity contribution in [2.24, 2.45) is 0 Å². The molecule has 0 aliphatic carbocycles. The van der Waals surface area contributed by atoms with E-state index in [-0.39, 0.29) is 18.9 Å². The van der Waals surface area contributed by atoms with E-state index in [0.29, 0.717) is 30.3 Å². The summed E-state index contributed by atoms with van der Waals surface area (Å²) in [6.07, 6.45) is 42.8. The maximum absolute atomic E-state index is 12.9. The zero-order valence-electron chi connectivity index (χ0n) is 35.8. The molecule has 0 aromatic carbocycles. The molecule has 0 fully saturated rings. The monoisotopic (exact) mass is 796 g/mol. The first kappa shape index (κ1) is 53.2. The minimum atomic E-state index is -4.43. The lowest BCUT2D eigenvalue weighted by Crippen LogP contribution is -2.51. The number of amides is 1. The highest BCUT2D eigenvalue weighted by Gasteiger charge is 2.31. The highest BCUT2D eigenvalue weighted by atomic mass is 31.2. The van der Waals surface area contributed by atoms with Gasteiger partial charge in [-0.2, -0.15) is 0 Å². The lowest BCUT2D eigenvalue weighted by atomic mass is 10.0. The molecule has 0 aliphatic rings. The van der Waals surface area contributed by atoms with Crippen LogP contribution in [-0.2, 0) is 18.4 Å². The molecule has 0 aromatic rings. The van der Waals surface area contributed by atoms with Crippen molar-refractivity contribution < 1.29 is 38.0 Å². The molecule has 0 aromatic heterocycles. The van der Waals surface area contributed by atoms with E-state index < -0.39 is 32.7 Å². The normalized spacial score (nSPS) is 15.6. The number of aliphatic hydroxyl groups is 2. The Labute approximate surface area is 337 Å². The van der Waals surface area contributed by atoms with Crippen molar-refractivity contribution in [1.82, 2.24) is 5.32 Å². The number of carbonyl (C=O) groups is 1. The Morgan fingerprint density at radius 2 is 1.09 bits per heavy atom. The molecule has 10 heteroatoms. The number of nitrogens with one attached hydrogen (secondary N) is 1. The molecule has 0 heterocycles. The third kappa shape index (κ3) is 37.5. The number of aliphatic hydroxyl groups excluding tert-OH is 2. The summed E-state index contributed by atoms with van der Waals surface area (Å²) < 4.78 is 23.4. The van der Waals surface area contributed by atoms with Crippen molar-refractivity contribution in [2.45, 2.75) is 180 Å². The van der Waals surface area contributed by atoms with Crippen molar-refractivity contribution in [3.8, 4) is 0 Å². The molecule has 0 bridgehead atoms. The van der Waals surface area contributed by atoms with Crippen molar-refractivity contribution in [1.29, 1.82) is 0 Å². The third-order valence-corrected chi connectivity index (χ3v) is 10.3. The predicted molar refractivity (Wildman–Crippen MR) is 232 cm³/mol. The van der Waals surface area contributed by atoms with E-state index >= 15 is 0 Å². The quantitative estimate of drug-likeness (QED) is 0.0212. The number of likely N-dealkylation sites (N-methyl/N-ethyl adjacent to an activating group) is 1. The molecule has 4 N–H and O–H groups in total. The van der Waals surface area contributed by atoms with Gasteiger partial charge in [-0.25, -0.2) is 4.57 Å². The van der Waals surface area contributed by atoms with E-state index in [2.05, 4.69) is 79.9 Å². The van der Waals surface area contributed by atoms with Crippen LogP contribution in [-0.4, -0.2) is 84.6 Å². The molecule has 0 spiro atoms. The number of carbonyl (C=O) groups excluding carboxylic acids is 1. The molecular formula is C45H84N2O7P+. The minimum Gasteiger partial charge on any atom is -0.390 e. The van der Waals surface area contributed by atoms with Gasteiger partial charge in [-0.05, 0) is 89.9 Å². The van der Waals surface area contributed by atoms with E-state index in [9.17, 15) is 24.5 Å². The number of hydrogen-bond acceptors (Lipinski definition) is 6. The Hall–Kier alpha value is -1.84. The SMILES string of the molecule is CCCCC/C=C\C/C=C\C/C=C\CCCCCCCCC(=O)NC(COP(=O)(O)OCC[N+](C)(C)C)C(O)C(O)CCC/C=C/CC/C=C/CCCCC. The topological polar surface area (TPSA) is 125 Å². The highest BCUT2D eigenvalue weighted by Crippen LogP contribution is 2.43. The number of rotatable bonds is 38. The van der Waals surface area contributed by atoms with E-state index in [1.54, 1.807) is 0 Å². The van der Waals surface area contributed by atoms with Crippen LogP contribution in [0.1, 0.15) is 162 Å². The third-order valence-electron chi connectivity index (χ3n) is 9.31. The van der Waals surface area contributed by atoms with Gasteiger partial charge in [0.1, 0.15) is 19.3 Å². The van der Waals surface area contributed by atoms with Crippen molar-refractivity contribution in [3.63, 3.8) is 0 Å². The Morgan fingerprint density at radius 1 is 0.636 bits per heavy atom. The van der Waals surface area contributed by atoms with Crippen molar-refractivity contribution in [3.05, 3.63) is 60.8 Å². The van der Waals surface area contributed by atoms with E-state index in [0.717, 1.165) is 77.0 Å². The van der Waals surface area contributed by atoms with Gasteiger partial charge in [-0.1, -0.05) is 126 Å². The second kappa shape index (κ2) is 36.5. The fourth-order valence-electron chi connectivity index (χ4n) is 5.75. The maximum Gasteiger partial charge on any atom is 0.472 e. The molecule has 0 saturated carbocycles. The molecule has 0 aliphatic heterocycles. The summed E-state index contributed by atoms with van der Waals surface area (Å²) in [5.74, 6) is -0.289. The van der Waals surface area contributed by atoms with Crippen LogP contribution in [0.4, 0.5) is 0 Å². The molecule has 4 atom stereocenters. The summed E-state index contributed by atoms with van der Waals surface area (Å²) in [6.45, 7) is 4.48.